The van der Waals surface area contributed by atoms with Crippen LogP contribution in [0.3, 0.4) is 0 Å². The average Bonchev–Trinajstić information content (AvgIpc) is 2.29. The summed E-state index contributed by atoms with van der Waals surface area (Å²) in [5.74, 6) is -1.50. The van der Waals surface area contributed by atoms with Gasteiger partial charge in [-0.1, -0.05) is 13.8 Å². The summed E-state index contributed by atoms with van der Waals surface area (Å²) in [5.41, 5.74) is -0.773. The van der Waals surface area contributed by atoms with Gasteiger partial charge in [-0.05, 0) is 11.6 Å². The van der Waals surface area contributed by atoms with E-state index in [2.05, 4.69) is 10.1 Å². The molecule has 0 saturated heterocycles. The van der Waals surface area contributed by atoms with Crippen LogP contribution in [0.5, 0.6) is 5.75 Å². The molecule has 0 aromatic heterocycles. The molecular weight excluding hydrogens is 244 g/mol. The van der Waals surface area contributed by atoms with E-state index in [1.807, 2.05) is 0 Å². The van der Waals surface area contributed by atoms with Crippen molar-refractivity contribution in [2.45, 2.75) is 19.3 Å². The zero-order valence-corrected chi connectivity index (χ0v) is 10.4. The fourth-order valence-electron chi connectivity index (χ4n) is 1.60. The van der Waals surface area contributed by atoms with E-state index in [0.29, 0.717) is 0 Å². The monoisotopic (exact) mass is 259 g/mol. The van der Waals surface area contributed by atoms with Gasteiger partial charge in [-0.2, -0.15) is 0 Å². The lowest BCUT2D eigenvalue weighted by atomic mass is 9.84. The smallest absolute Gasteiger partial charge is 0.404 e. The minimum Gasteiger partial charge on any atom is -0.494 e. The Morgan fingerprint density at radius 2 is 2.00 bits per heavy atom. The Bertz CT molecular complexity index is 461. The number of nitrogens with one attached hydrogen (secondary N) is 1. The number of rotatable bonds is 4. The van der Waals surface area contributed by atoms with Gasteiger partial charge in [0.05, 0.1) is 7.11 Å². The number of methoxy groups -OCH3 is 1. The van der Waals surface area contributed by atoms with Crippen molar-refractivity contribution in [2.75, 3.05) is 13.7 Å². The van der Waals surface area contributed by atoms with Crippen molar-refractivity contribution < 1.29 is 23.4 Å². The van der Waals surface area contributed by atoms with E-state index in [9.17, 15) is 13.6 Å². The highest BCUT2D eigenvalue weighted by atomic mass is 19.1. The molecule has 4 nitrogen and oxygen atoms in total. The van der Waals surface area contributed by atoms with Crippen molar-refractivity contribution >= 4 is 6.09 Å². The van der Waals surface area contributed by atoms with Crippen molar-refractivity contribution in [2.24, 2.45) is 0 Å². The Hall–Kier alpha value is -1.85. The van der Waals surface area contributed by atoms with Gasteiger partial charge in [0.1, 0.15) is 5.82 Å². The minimum atomic E-state index is -1.21. The molecule has 1 rings (SSSR count). The van der Waals surface area contributed by atoms with Crippen molar-refractivity contribution in [1.82, 2.24) is 5.32 Å². The quantitative estimate of drug-likeness (QED) is 0.873. The van der Waals surface area contributed by atoms with E-state index in [4.69, 9.17) is 5.11 Å². The molecular formula is C12H15F2NO3. The molecule has 0 aliphatic carbocycles. The van der Waals surface area contributed by atoms with Gasteiger partial charge in [-0.25, -0.2) is 13.6 Å². The molecule has 0 radical (unpaired) electrons. The van der Waals surface area contributed by atoms with E-state index >= 15 is 0 Å². The molecule has 100 valence electrons. The predicted molar refractivity (Wildman–Crippen MR) is 62.0 cm³/mol. The van der Waals surface area contributed by atoms with Crippen molar-refractivity contribution in [3.8, 4) is 5.75 Å². The van der Waals surface area contributed by atoms with Crippen LogP contribution >= 0.6 is 0 Å². The standard InChI is InChI=1S/C12H15F2NO3/c1-12(2,6-15-11(16)17)7-4-9(14)10(18-3)5-8(7)13/h4-5,15H,6H2,1-3H3,(H,16,17). The number of carbonyl (C=O) groups is 1. The Morgan fingerprint density at radius 1 is 1.39 bits per heavy atom. The number of halogens is 2. The minimum absolute atomic E-state index is 0.0228. The zero-order chi connectivity index (χ0) is 13.9. The SMILES string of the molecule is COc1cc(F)c(C(C)(C)CNC(=O)O)cc1F. The van der Waals surface area contributed by atoms with Gasteiger partial charge < -0.3 is 15.2 Å². The average molecular weight is 259 g/mol. The van der Waals surface area contributed by atoms with Crippen LogP contribution in [0.15, 0.2) is 12.1 Å². The summed E-state index contributed by atoms with van der Waals surface area (Å²) < 4.78 is 32.0. The fourth-order valence-corrected chi connectivity index (χ4v) is 1.60. The number of hydrogen-bond donors (Lipinski definition) is 2. The van der Waals surface area contributed by atoms with Gasteiger partial charge in [0, 0.05) is 18.0 Å². The number of carboxylic acid groups (broad SMARTS) is 1. The maximum Gasteiger partial charge on any atom is 0.404 e. The van der Waals surface area contributed by atoms with Crippen LogP contribution in [0.4, 0.5) is 13.6 Å². The van der Waals surface area contributed by atoms with Crippen LogP contribution in [0.25, 0.3) is 0 Å². The maximum atomic E-state index is 13.8. The number of benzene rings is 1. The Labute approximate surface area is 104 Å². The van der Waals surface area contributed by atoms with E-state index in [-0.39, 0.29) is 17.9 Å². The first-order chi connectivity index (χ1) is 8.27. The highest BCUT2D eigenvalue weighted by molar-refractivity contribution is 5.64. The molecule has 2 N–H and O–H groups in total. The van der Waals surface area contributed by atoms with Crippen molar-refractivity contribution in [3.05, 3.63) is 29.3 Å². The summed E-state index contributed by atoms with van der Waals surface area (Å²) in [5, 5.41) is 10.7. The Morgan fingerprint density at radius 3 is 2.50 bits per heavy atom. The fraction of sp³-hybridized carbons (Fsp3) is 0.417. The van der Waals surface area contributed by atoms with Gasteiger partial charge in [0.15, 0.2) is 11.6 Å². The first-order valence-corrected chi connectivity index (χ1v) is 5.28. The van der Waals surface area contributed by atoms with Crippen molar-refractivity contribution in [1.29, 1.82) is 0 Å². The summed E-state index contributed by atoms with van der Waals surface area (Å²) in [7, 11) is 1.24. The third kappa shape index (κ3) is 3.09. The molecule has 0 atom stereocenters. The molecule has 0 unspecified atom stereocenters. The molecule has 0 heterocycles. The first-order valence-electron chi connectivity index (χ1n) is 5.28. The van der Waals surface area contributed by atoms with Crippen LogP contribution in [-0.2, 0) is 5.41 Å². The van der Waals surface area contributed by atoms with Crippen LogP contribution < -0.4 is 10.1 Å². The van der Waals surface area contributed by atoms with Crippen LogP contribution in [0, 0.1) is 11.6 Å². The van der Waals surface area contributed by atoms with E-state index in [0.717, 1.165) is 12.1 Å². The molecule has 0 aliphatic heterocycles. The molecule has 0 bridgehead atoms. The normalized spacial score (nSPS) is 11.2. The lowest BCUT2D eigenvalue weighted by molar-refractivity contribution is 0.191. The lowest BCUT2D eigenvalue weighted by Crippen LogP contribution is -2.36. The van der Waals surface area contributed by atoms with E-state index in [1.54, 1.807) is 13.8 Å². The molecule has 0 spiro atoms. The molecule has 1 aromatic rings. The van der Waals surface area contributed by atoms with Crippen LogP contribution in [-0.4, -0.2) is 24.9 Å². The number of hydrogen-bond acceptors (Lipinski definition) is 2. The second kappa shape index (κ2) is 5.20. The van der Waals surface area contributed by atoms with Gasteiger partial charge in [-0.3, -0.25) is 0 Å². The number of amides is 1. The lowest BCUT2D eigenvalue weighted by Gasteiger charge is -2.25. The van der Waals surface area contributed by atoms with Gasteiger partial charge in [0.25, 0.3) is 0 Å². The first kappa shape index (κ1) is 14.2. The summed E-state index contributed by atoms with van der Waals surface area (Å²) in [6.45, 7) is 3.21. The van der Waals surface area contributed by atoms with Crippen LogP contribution in [0.2, 0.25) is 0 Å². The number of ether oxygens (including phenoxy) is 1. The maximum absolute atomic E-state index is 13.8. The molecule has 1 amide bonds. The molecule has 0 fully saturated rings. The van der Waals surface area contributed by atoms with E-state index in [1.165, 1.54) is 7.11 Å². The van der Waals surface area contributed by atoms with Gasteiger partial charge in [0.2, 0.25) is 0 Å². The summed E-state index contributed by atoms with van der Waals surface area (Å²) >= 11 is 0. The third-order valence-corrected chi connectivity index (χ3v) is 2.65. The van der Waals surface area contributed by atoms with Crippen LogP contribution in [0.1, 0.15) is 19.4 Å². The van der Waals surface area contributed by atoms with Gasteiger partial charge in [-0.15, -0.1) is 0 Å². The highest BCUT2D eigenvalue weighted by Gasteiger charge is 2.26. The second-order valence-electron chi connectivity index (χ2n) is 4.51. The zero-order valence-electron chi connectivity index (χ0n) is 10.4. The molecule has 18 heavy (non-hydrogen) atoms. The molecule has 0 aliphatic rings. The molecule has 0 saturated carbocycles. The Balaban J connectivity index is 3.08. The largest absolute Gasteiger partial charge is 0.494 e. The topological polar surface area (TPSA) is 58.6 Å². The highest BCUT2D eigenvalue weighted by Crippen LogP contribution is 2.30. The summed E-state index contributed by atoms with van der Waals surface area (Å²) in [4.78, 5) is 10.4. The third-order valence-electron chi connectivity index (χ3n) is 2.65. The Kier molecular flexibility index (Phi) is 4.11. The predicted octanol–water partition coefficient (Wildman–Crippen LogP) is 2.52. The second-order valence-corrected chi connectivity index (χ2v) is 4.51. The van der Waals surface area contributed by atoms with E-state index < -0.39 is 23.1 Å². The summed E-state index contributed by atoms with van der Waals surface area (Å²) in [6, 6.07) is 1.98. The van der Waals surface area contributed by atoms with Gasteiger partial charge >= 0.3 is 6.09 Å². The van der Waals surface area contributed by atoms with Crippen molar-refractivity contribution in [3.63, 3.8) is 0 Å². The summed E-state index contributed by atoms with van der Waals surface area (Å²) in [6.07, 6.45) is -1.21. The molecule has 1 aromatic carbocycles. The molecule has 6 heteroatoms.